The van der Waals surface area contributed by atoms with Crippen LogP contribution in [-0.4, -0.2) is 4.98 Å². The molecule has 1 aromatic heterocycles. The van der Waals surface area contributed by atoms with E-state index in [4.69, 9.17) is 0 Å². The molecule has 1 heterocycles. The minimum Gasteiger partial charge on any atom is -0.263 e. The molecule has 0 N–H and O–H groups in total. The third-order valence-electron chi connectivity index (χ3n) is 1.78. The monoisotopic (exact) mass is 411 g/mol. The van der Waals surface area contributed by atoms with Crippen molar-refractivity contribution >= 4 is 65.2 Å². The zero-order chi connectivity index (χ0) is 9.42. The number of hydrogen-bond acceptors (Lipinski definition) is 1. The number of halogens is 3. The molecule has 4 heteroatoms. The molecule has 0 aliphatic rings. The minimum absolute atomic E-state index is 1.06. The Hall–Kier alpha value is 0.320. The molecular weight excluding hydrogens is 409 g/mol. The van der Waals surface area contributed by atoms with Crippen LogP contribution in [0, 0.1) is 3.57 Å². The molecule has 0 saturated heterocycles. The smallest absolute Gasteiger partial charge is 0.0411 e. The second-order valence-corrected chi connectivity index (χ2v) is 5.39. The molecule has 0 atom stereocenters. The van der Waals surface area contributed by atoms with Gasteiger partial charge in [-0.3, -0.25) is 4.98 Å². The summed E-state index contributed by atoms with van der Waals surface area (Å²) in [7, 11) is 0. The van der Waals surface area contributed by atoms with Gasteiger partial charge in [-0.2, -0.15) is 0 Å². The van der Waals surface area contributed by atoms with Crippen LogP contribution < -0.4 is 0 Å². The lowest BCUT2D eigenvalue weighted by Gasteiger charge is -2.03. The van der Waals surface area contributed by atoms with E-state index in [-0.39, 0.29) is 0 Å². The Kier molecular flexibility index (Phi) is 2.90. The molecule has 0 saturated carbocycles. The summed E-state index contributed by atoms with van der Waals surface area (Å²) in [6, 6.07) is 4.13. The molecule has 0 fully saturated rings. The number of pyridine rings is 1. The number of rotatable bonds is 0. The van der Waals surface area contributed by atoms with E-state index in [1.807, 2.05) is 18.5 Å². The first-order valence-electron chi connectivity index (χ1n) is 3.57. The van der Waals surface area contributed by atoms with Crippen LogP contribution in [0.25, 0.3) is 10.8 Å². The van der Waals surface area contributed by atoms with Crippen LogP contribution >= 0.6 is 54.5 Å². The molecule has 0 radical (unpaired) electrons. The highest BCUT2D eigenvalue weighted by Gasteiger charge is 2.04. The molecule has 0 bridgehead atoms. The van der Waals surface area contributed by atoms with Crippen molar-refractivity contribution in [2.75, 3.05) is 0 Å². The van der Waals surface area contributed by atoms with Crippen molar-refractivity contribution in [1.29, 1.82) is 0 Å². The summed E-state index contributed by atoms with van der Waals surface area (Å²) in [6.07, 6.45) is 3.73. The Morgan fingerprint density at radius 2 is 1.85 bits per heavy atom. The predicted octanol–water partition coefficient (Wildman–Crippen LogP) is 4.36. The Morgan fingerprint density at radius 1 is 1.08 bits per heavy atom. The molecule has 0 aliphatic carbocycles. The zero-order valence-corrected chi connectivity index (χ0v) is 11.7. The van der Waals surface area contributed by atoms with Crippen LogP contribution in [0.15, 0.2) is 33.5 Å². The first kappa shape index (κ1) is 9.86. The third kappa shape index (κ3) is 1.76. The van der Waals surface area contributed by atoms with E-state index in [9.17, 15) is 0 Å². The van der Waals surface area contributed by atoms with Gasteiger partial charge in [0.1, 0.15) is 0 Å². The molecule has 0 aliphatic heterocycles. The first-order chi connectivity index (χ1) is 6.20. The van der Waals surface area contributed by atoms with E-state index in [2.05, 4.69) is 65.5 Å². The molecule has 0 unspecified atom stereocenters. The van der Waals surface area contributed by atoms with Gasteiger partial charge in [0.05, 0.1) is 0 Å². The fourth-order valence-corrected chi connectivity index (χ4v) is 2.57. The molecule has 1 nitrogen and oxygen atoms in total. The van der Waals surface area contributed by atoms with E-state index in [0.29, 0.717) is 0 Å². The maximum atomic E-state index is 4.16. The topological polar surface area (TPSA) is 12.9 Å². The second-order valence-electron chi connectivity index (χ2n) is 2.58. The lowest BCUT2D eigenvalue weighted by atomic mass is 10.2. The van der Waals surface area contributed by atoms with Crippen molar-refractivity contribution in [2.24, 2.45) is 0 Å². The van der Waals surface area contributed by atoms with E-state index in [0.717, 1.165) is 14.3 Å². The molecule has 2 aromatic rings. The summed E-state index contributed by atoms with van der Waals surface area (Å²) >= 11 is 9.28. The van der Waals surface area contributed by atoms with Gasteiger partial charge in [-0.15, -0.1) is 0 Å². The summed E-state index contributed by atoms with van der Waals surface area (Å²) < 4.78 is 3.29. The molecule has 2 rings (SSSR count). The van der Waals surface area contributed by atoms with Crippen LogP contribution in [0.2, 0.25) is 0 Å². The van der Waals surface area contributed by atoms with Gasteiger partial charge in [0.15, 0.2) is 0 Å². The number of fused-ring (bicyclic) bond motifs is 1. The van der Waals surface area contributed by atoms with Gasteiger partial charge in [0.25, 0.3) is 0 Å². The number of aromatic nitrogens is 1. The van der Waals surface area contributed by atoms with Crippen molar-refractivity contribution in [2.45, 2.75) is 0 Å². The van der Waals surface area contributed by atoms with Crippen LogP contribution in [0.1, 0.15) is 0 Å². The van der Waals surface area contributed by atoms with Gasteiger partial charge in [-0.1, -0.05) is 6.07 Å². The van der Waals surface area contributed by atoms with Gasteiger partial charge in [0.2, 0.25) is 0 Å². The van der Waals surface area contributed by atoms with E-state index < -0.39 is 0 Å². The van der Waals surface area contributed by atoms with Gasteiger partial charge >= 0.3 is 0 Å². The maximum absolute atomic E-state index is 4.16. The molecule has 0 amide bonds. The van der Waals surface area contributed by atoms with Gasteiger partial charge in [-0.25, -0.2) is 0 Å². The average Bonchev–Trinajstić information content (AvgIpc) is 2.12. The van der Waals surface area contributed by atoms with Crippen molar-refractivity contribution in [1.82, 2.24) is 4.98 Å². The second kappa shape index (κ2) is 3.82. The van der Waals surface area contributed by atoms with Crippen LogP contribution in [0.4, 0.5) is 0 Å². The average molecular weight is 413 g/mol. The number of benzene rings is 1. The van der Waals surface area contributed by atoms with Crippen molar-refractivity contribution in [3.05, 3.63) is 37.0 Å². The summed E-state index contributed by atoms with van der Waals surface area (Å²) in [5, 5.41) is 2.37. The van der Waals surface area contributed by atoms with Crippen LogP contribution in [-0.2, 0) is 0 Å². The first-order valence-corrected chi connectivity index (χ1v) is 6.24. The third-order valence-corrected chi connectivity index (χ3v) is 4.69. The van der Waals surface area contributed by atoms with Crippen molar-refractivity contribution in [3.63, 3.8) is 0 Å². The van der Waals surface area contributed by atoms with E-state index in [1.54, 1.807) is 0 Å². The van der Waals surface area contributed by atoms with E-state index in [1.165, 1.54) is 8.96 Å². The van der Waals surface area contributed by atoms with Gasteiger partial charge in [0, 0.05) is 30.3 Å². The quantitative estimate of drug-likeness (QED) is 0.586. The number of hydrogen-bond donors (Lipinski definition) is 0. The molecule has 66 valence electrons. The largest absolute Gasteiger partial charge is 0.263 e. The standard InChI is InChI=1S/C9H4Br2IN/c10-7-2-1-5-6(9(7)11)3-13-4-8(5)12/h1-4H. The molecule has 0 spiro atoms. The Labute approximate surface area is 106 Å². The zero-order valence-electron chi connectivity index (χ0n) is 6.39. The normalized spacial score (nSPS) is 10.7. The molecule has 13 heavy (non-hydrogen) atoms. The molecule has 1 aromatic carbocycles. The van der Waals surface area contributed by atoms with Gasteiger partial charge in [-0.05, 0) is 65.9 Å². The fourth-order valence-electron chi connectivity index (χ4n) is 1.15. The fraction of sp³-hybridized carbons (Fsp3) is 0. The lowest BCUT2D eigenvalue weighted by Crippen LogP contribution is -1.82. The molecular formula is C9H4Br2IN. The van der Waals surface area contributed by atoms with E-state index >= 15 is 0 Å². The maximum Gasteiger partial charge on any atom is 0.0411 e. The Balaban J connectivity index is 2.94. The van der Waals surface area contributed by atoms with Gasteiger partial charge < -0.3 is 0 Å². The highest BCUT2D eigenvalue weighted by atomic mass is 127. The highest BCUT2D eigenvalue weighted by Crippen LogP contribution is 2.32. The van der Waals surface area contributed by atoms with Crippen LogP contribution in [0.5, 0.6) is 0 Å². The van der Waals surface area contributed by atoms with Crippen molar-refractivity contribution < 1.29 is 0 Å². The predicted molar refractivity (Wildman–Crippen MR) is 69.9 cm³/mol. The SMILES string of the molecule is Brc1ccc2c(I)cncc2c1Br. The van der Waals surface area contributed by atoms with Crippen LogP contribution in [0.3, 0.4) is 0 Å². The Morgan fingerprint density at radius 3 is 2.62 bits per heavy atom. The lowest BCUT2D eigenvalue weighted by molar-refractivity contribution is 1.34. The summed E-state index contributed by atoms with van der Waals surface area (Å²) in [5.74, 6) is 0. The number of nitrogens with zero attached hydrogens (tertiary/aromatic N) is 1. The summed E-state index contributed by atoms with van der Waals surface area (Å²) in [6.45, 7) is 0. The Bertz CT molecular complexity index is 470. The van der Waals surface area contributed by atoms with Crippen molar-refractivity contribution in [3.8, 4) is 0 Å². The highest BCUT2D eigenvalue weighted by molar-refractivity contribution is 14.1. The summed E-state index contributed by atoms with van der Waals surface area (Å²) in [4.78, 5) is 4.16. The summed E-state index contributed by atoms with van der Waals surface area (Å²) in [5.41, 5.74) is 0. The minimum atomic E-state index is 1.06.